The molecule has 212 valence electrons. The Morgan fingerprint density at radius 2 is 1.93 bits per heavy atom. The Kier molecular flexibility index (Phi) is 6.38. The van der Waals surface area contributed by atoms with Gasteiger partial charge in [0.1, 0.15) is 22.8 Å². The number of fused-ring (bicyclic) bond motifs is 3. The van der Waals surface area contributed by atoms with E-state index >= 15 is 0 Å². The summed E-state index contributed by atoms with van der Waals surface area (Å²) in [6.07, 6.45) is 1.82. The van der Waals surface area contributed by atoms with E-state index in [0.717, 1.165) is 5.69 Å². The number of phenolic OH excluding ortho intramolecular Hbond substituents is 1. The number of Topliss-reactive ketones (excluding diaryl/α,β-unsaturated/α-hetero) is 2. The van der Waals surface area contributed by atoms with Gasteiger partial charge in [-0.15, -0.1) is 0 Å². The number of hydrogen-bond acceptors (Lipinski definition) is 11. The number of nitrogens with one attached hydrogen (secondary N) is 2. The highest BCUT2D eigenvalue weighted by atomic mass is 16.3. The minimum atomic E-state index is -2.68. The molecule has 0 radical (unpaired) electrons. The highest BCUT2D eigenvalue weighted by Gasteiger charge is 2.64. The number of nitrogens with two attached hydrogens (primary N) is 1. The minimum absolute atomic E-state index is 0.0228. The van der Waals surface area contributed by atoms with Crippen LogP contribution in [0.1, 0.15) is 23.2 Å². The first-order valence-corrected chi connectivity index (χ1v) is 12.7. The molecular formula is C27H32N6O7. The van der Waals surface area contributed by atoms with Crippen LogP contribution in [0, 0.1) is 11.8 Å². The van der Waals surface area contributed by atoms with Gasteiger partial charge in [0, 0.05) is 37.5 Å². The zero-order chi connectivity index (χ0) is 29.3. The third kappa shape index (κ3) is 3.76. The van der Waals surface area contributed by atoms with Crippen LogP contribution in [0.3, 0.4) is 0 Å². The van der Waals surface area contributed by atoms with Crippen LogP contribution >= 0.6 is 0 Å². The number of ketones is 2. The number of aromatic nitrogens is 2. The van der Waals surface area contributed by atoms with E-state index < -0.39 is 58.0 Å². The molecule has 8 N–H and O–H groups in total. The van der Waals surface area contributed by atoms with Crippen molar-refractivity contribution < 1.29 is 34.8 Å². The summed E-state index contributed by atoms with van der Waals surface area (Å²) >= 11 is 0. The molecule has 13 nitrogen and oxygen atoms in total. The number of hydrogen-bond donors (Lipinski definition) is 7. The van der Waals surface area contributed by atoms with Crippen LogP contribution in [0.25, 0.3) is 5.76 Å². The van der Waals surface area contributed by atoms with Crippen molar-refractivity contribution in [3.8, 4) is 5.75 Å². The summed E-state index contributed by atoms with van der Waals surface area (Å²) in [4.78, 5) is 42.7. The van der Waals surface area contributed by atoms with Crippen molar-refractivity contribution in [3.63, 3.8) is 0 Å². The summed E-state index contributed by atoms with van der Waals surface area (Å²) in [5.41, 5.74) is 3.98. The Labute approximate surface area is 229 Å². The summed E-state index contributed by atoms with van der Waals surface area (Å²) < 4.78 is 0. The first-order chi connectivity index (χ1) is 18.8. The van der Waals surface area contributed by atoms with E-state index in [0.29, 0.717) is 11.3 Å². The van der Waals surface area contributed by atoms with Crippen LogP contribution in [-0.2, 0) is 27.3 Å². The molecule has 1 amide bonds. The summed E-state index contributed by atoms with van der Waals surface area (Å²) in [6, 6.07) is 2.37. The Balaban J connectivity index is 1.69. The largest absolute Gasteiger partial charge is 0.508 e. The number of likely N-dealkylation sites (N-methyl/N-ethyl adjacent to an activating group) is 1. The van der Waals surface area contributed by atoms with Gasteiger partial charge in [0.15, 0.2) is 11.4 Å². The number of aliphatic hydroxyl groups excluding tert-OH is 2. The first kappa shape index (κ1) is 27.2. The van der Waals surface area contributed by atoms with Crippen LogP contribution in [0.2, 0.25) is 0 Å². The summed E-state index contributed by atoms with van der Waals surface area (Å²) in [6.45, 7) is 0.286. The van der Waals surface area contributed by atoms with E-state index in [9.17, 15) is 34.8 Å². The van der Waals surface area contributed by atoms with Crippen molar-refractivity contribution in [1.82, 2.24) is 15.1 Å². The normalized spacial score (nSPS) is 26.0. The number of H-pyrrole nitrogens is 1. The van der Waals surface area contributed by atoms with Crippen molar-refractivity contribution in [2.75, 3.05) is 38.4 Å². The van der Waals surface area contributed by atoms with Gasteiger partial charge in [-0.3, -0.25) is 24.4 Å². The third-order valence-electron chi connectivity index (χ3n) is 8.21. The van der Waals surface area contributed by atoms with Crippen molar-refractivity contribution in [2.24, 2.45) is 17.6 Å². The van der Waals surface area contributed by atoms with Crippen LogP contribution in [0.4, 0.5) is 11.4 Å². The lowest BCUT2D eigenvalue weighted by Gasteiger charge is -2.50. The fourth-order valence-corrected chi connectivity index (χ4v) is 6.40. The minimum Gasteiger partial charge on any atom is -0.508 e. The van der Waals surface area contributed by atoms with Crippen LogP contribution in [0.5, 0.6) is 5.75 Å². The fourth-order valence-electron chi connectivity index (χ4n) is 6.40. The number of aromatic amines is 1. The van der Waals surface area contributed by atoms with Crippen LogP contribution < -0.4 is 16.0 Å². The van der Waals surface area contributed by atoms with Gasteiger partial charge in [-0.25, -0.2) is 0 Å². The number of phenols is 1. The van der Waals surface area contributed by atoms with Gasteiger partial charge in [0.2, 0.25) is 5.78 Å². The van der Waals surface area contributed by atoms with E-state index in [-0.39, 0.29) is 42.0 Å². The summed E-state index contributed by atoms with van der Waals surface area (Å²) in [7, 11) is 6.74. The topological polar surface area (TPSA) is 205 Å². The number of nitrogens with zero attached hydrogens (tertiary/aromatic N) is 3. The molecule has 0 aliphatic heterocycles. The number of carbonyl (C=O) groups is 3. The molecule has 0 saturated heterocycles. The molecule has 0 bridgehead atoms. The molecular weight excluding hydrogens is 520 g/mol. The second-order valence-electron chi connectivity index (χ2n) is 10.9. The summed E-state index contributed by atoms with van der Waals surface area (Å²) in [5, 5.41) is 55.4. The van der Waals surface area contributed by atoms with Crippen molar-refractivity contribution in [3.05, 3.63) is 52.1 Å². The Morgan fingerprint density at radius 3 is 2.50 bits per heavy atom. The number of benzene rings is 1. The Morgan fingerprint density at radius 1 is 1.23 bits per heavy atom. The van der Waals surface area contributed by atoms with Gasteiger partial charge in [-0.1, -0.05) is 0 Å². The van der Waals surface area contributed by atoms with E-state index in [2.05, 4.69) is 15.5 Å². The number of carbonyl (C=O) groups excluding carboxylic acids is 3. The molecule has 3 aliphatic carbocycles. The maximum Gasteiger partial charge on any atom is 0.255 e. The first-order valence-electron chi connectivity index (χ1n) is 12.7. The van der Waals surface area contributed by atoms with E-state index in [1.54, 1.807) is 32.4 Å². The molecule has 3 aliphatic rings. The molecule has 1 heterocycles. The molecule has 1 aromatic heterocycles. The average Bonchev–Trinajstić information content (AvgIpc) is 3.39. The number of amides is 1. The second kappa shape index (κ2) is 9.38. The Hall–Kier alpha value is -4.36. The molecule has 40 heavy (non-hydrogen) atoms. The van der Waals surface area contributed by atoms with Crippen molar-refractivity contribution in [2.45, 2.75) is 31.0 Å². The highest BCUT2D eigenvalue weighted by molar-refractivity contribution is 6.24. The molecule has 1 aromatic carbocycles. The van der Waals surface area contributed by atoms with E-state index in [1.165, 1.54) is 4.90 Å². The maximum atomic E-state index is 14.0. The van der Waals surface area contributed by atoms with Crippen molar-refractivity contribution >= 4 is 34.6 Å². The smallest absolute Gasteiger partial charge is 0.255 e. The van der Waals surface area contributed by atoms with Crippen LogP contribution in [0.15, 0.2) is 35.2 Å². The molecule has 0 spiro atoms. The molecule has 1 unspecified atom stereocenters. The van der Waals surface area contributed by atoms with Gasteiger partial charge in [0.05, 0.1) is 29.5 Å². The predicted octanol–water partition coefficient (Wildman–Crippen LogP) is 0.365. The average molecular weight is 553 g/mol. The predicted molar refractivity (Wildman–Crippen MR) is 144 cm³/mol. The van der Waals surface area contributed by atoms with Gasteiger partial charge in [-0.05, 0) is 50.6 Å². The quantitative estimate of drug-likeness (QED) is 0.192. The zero-order valence-corrected chi connectivity index (χ0v) is 22.5. The van der Waals surface area contributed by atoms with Gasteiger partial charge in [-0.2, -0.15) is 5.10 Å². The fraction of sp³-hybridized carbons (Fsp3) is 0.407. The molecule has 2 aromatic rings. The van der Waals surface area contributed by atoms with Gasteiger partial charge in [0.25, 0.3) is 5.91 Å². The lowest BCUT2D eigenvalue weighted by molar-refractivity contribution is -0.153. The molecule has 1 saturated carbocycles. The summed E-state index contributed by atoms with van der Waals surface area (Å²) in [5.74, 6) is -6.83. The van der Waals surface area contributed by atoms with Crippen LogP contribution in [-0.4, -0.2) is 92.8 Å². The lowest BCUT2D eigenvalue weighted by atomic mass is 9.57. The molecule has 13 heteroatoms. The molecule has 1 fully saturated rings. The second-order valence-corrected chi connectivity index (χ2v) is 10.9. The lowest BCUT2D eigenvalue weighted by Crippen LogP contribution is -2.65. The monoisotopic (exact) mass is 552 g/mol. The number of aliphatic hydroxyl groups is 3. The maximum absolute atomic E-state index is 14.0. The number of rotatable bonds is 6. The molecule has 5 rings (SSSR count). The zero-order valence-electron chi connectivity index (χ0n) is 22.5. The highest BCUT2D eigenvalue weighted by Crippen LogP contribution is 2.54. The third-order valence-corrected chi connectivity index (χ3v) is 8.21. The number of aromatic hydroxyl groups is 1. The number of anilines is 2. The standard InChI is InChI=1S/C27H32N6O7/c1-32(2)16-9-15(29-10-12-5-6-30-31-12)21(34)18-13(16)7-11-8-14-20(33(3)4)23(36)19(26(28)39)25(38)27(14,40)24(37)17(11)22(18)35/h5-6,9,11,14,20,29,34-35,38,40H,7-8,10H2,1-4H3,(H2,28,39)(H,30,31)/t11-,14?,20-,27-/m0/s1. The van der Waals surface area contributed by atoms with Gasteiger partial charge >= 0.3 is 0 Å². The Bertz CT molecular complexity index is 1490. The molecule has 4 atom stereocenters. The van der Waals surface area contributed by atoms with E-state index in [4.69, 9.17) is 5.73 Å². The van der Waals surface area contributed by atoms with Gasteiger partial charge < -0.3 is 36.4 Å². The number of primary amides is 1. The van der Waals surface area contributed by atoms with E-state index in [1.807, 2.05) is 19.0 Å². The van der Waals surface area contributed by atoms with Crippen molar-refractivity contribution in [1.29, 1.82) is 0 Å². The SMILES string of the molecule is CN(C)c1cc(NCc2ccn[nH]2)c(O)c2c1C[C@H]1CC3[C@H](N(C)C)C(=O)C(C(N)=O)=C(O)[C@@]3(O)C(=O)C1=C2O.